The number of carbonyl (C=O) groups is 2. The molecule has 1 aromatic rings. The number of hydrogen-bond acceptors (Lipinski definition) is 6. The lowest BCUT2D eigenvalue weighted by atomic mass is 10.2. The standard InChI is InChI=1S/C24H37N5O4S/c1-19-6-7-21(16-22(19)34(32,33)29-10-4-2-3-5-11-29)26-24(31)18-28-14-12-27(13-15-28)17-23(30)25-20-8-9-20/h6-7,16,20H,2-5,8-15,17-18H2,1H3,(H,25,30)(H,26,31). The summed E-state index contributed by atoms with van der Waals surface area (Å²) in [7, 11) is -3.59. The van der Waals surface area contributed by atoms with Crippen LogP contribution in [0.15, 0.2) is 23.1 Å². The summed E-state index contributed by atoms with van der Waals surface area (Å²) >= 11 is 0. The Morgan fingerprint density at radius 3 is 2.06 bits per heavy atom. The average molecular weight is 492 g/mol. The predicted octanol–water partition coefficient (Wildman–Crippen LogP) is 1.39. The first-order valence-corrected chi connectivity index (χ1v) is 13.9. The largest absolute Gasteiger partial charge is 0.352 e. The minimum Gasteiger partial charge on any atom is -0.352 e. The molecule has 0 radical (unpaired) electrons. The third kappa shape index (κ3) is 6.78. The molecule has 9 nitrogen and oxygen atoms in total. The number of anilines is 1. The highest BCUT2D eigenvalue weighted by Gasteiger charge is 2.28. The number of aryl methyl sites for hydroxylation is 1. The fourth-order valence-corrected chi connectivity index (χ4v) is 6.36. The third-order valence-electron chi connectivity index (χ3n) is 6.80. The van der Waals surface area contributed by atoms with Gasteiger partial charge in [-0.2, -0.15) is 4.31 Å². The van der Waals surface area contributed by atoms with Crippen molar-refractivity contribution < 1.29 is 18.0 Å². The Kier molecular flexibility index (Phi) is 8.23. The van der Waals surface area contributed by atoms with Gasteiger partial charge in [0, 0.05) is 51.0 Å². The van der Waals surface area contributed by atoms with Crippen molar-refractivity contribution >= 4 is 27.5 Å². The maximum atomic E-state index is 13.3. The third-order valence-corrected chi connectivity index (χ3v) is 8.84. The highest BCUT2D eigenvalue weighted by Crippen LogP contribution is 2.26. The monoisotopic (exact) mass is 491 g/mol. The minimum absolute atomic E-state index is 0.0824. The molecule has 4 rings (SSSR count). The molecule has 3 aliphatic rings. The summed E-state index contributed by atoms with van der Waals surface area (Å²) in [6.45, 7) is 6.46. The van der Waals surface area contributed by atoms with Crippen molar-refractivity contribution in [2.45, 2.75) is 56.4 Å². The van der Waals surface area contributed by atoms with E-state index in [4.69, 9.17) is 0 Å². The molecule has 2 N–H and O–H groups in total. The smallest absolute Gasteiger partial charge is 0.243 e. The van der Waals surface area contributed by atoms with Crippen LogP contribution < -0.4 is 10.6 Å². The molecule has 0 bridgehead atoms. The van der Waals surface area contributed by atoms with E-state index in [0.717, 1.165) is 51.6 Å². The molecule has 0 atom stereocenters. The maximum Gasteiger partial charge on any atom is 0.243 e. The quantitative estimate of drug-likeness (QED) is 0.570. The van der Waals surface area contributed by atoms with Crippen molar-refractivity contribution in [2.75, 3.05) is 57.7 Å². The number of hydrogen-bond donors (Lipinski definition) is 2. The number of sulfonamides is 1. The molecule has 188 valence electrons. The number of nitrogens with one attached hydrogen (secondary N) is 2. The van der Waals surface area contributed by atoms with Crippen LogP contribution in [-0.2, 0) is 19.6 Å². The number of benzene rings is 1. The molecule has 2 heterocycles. The lowest BCUT2D eigenvalue weighted by molar-refractivity contribution is -0.123. The first-order chi connectivity index (χ1) is 16.3. The molecule has 10 heteroatoms. The van der Waals surface area contributed by atoms with E-state index in [-0.39, 0.29) is 23.3 Å². The van der Waals surface area contributed by atoms with Gasteiger partial charge in [-0.25, -0.2) is 8.42 Å². The number of carbonyl (C=O) groups excluding carboxylic acids is 2. The van der Waals surface area contributed by atoms with Crippen molar-refractivity contribution in [3.05, 3.63) is 23.8 Å². The molecule has 0 spiro atoms. The molecule has 1 aromatic carbocycles. The van der Waals surface area contributed by atoms with Gasteiger partial charge in [-0.3, -0.25) is 19.4 Å². The molecule has 2 amide bonds. The molecular formula is C24H37N5O4S. The van der Waals surface area contributed by atoms with Crippen LogP contribution in [0.3, 0.4) is 0 Å². The van der Waals surface area contributed by atoms with Gasteiger partial charge in [0.15, 0.2) is 0 Å². The van der Waals surface area contributed by atoms with Gasteiger partial charge < -0.3 is 10.6 Å². The van der Waals surface area contributed by atoms with Crippen molar-refractivity contribution in [3.63, 3.8) is 0 Å². The van der Waals surface area contributed by atoms with Gasteiger partial charge in [0.05, 0.1) is 18.0 Å². The summed E-state index contributed by atoms with van der Waals surface area (Å²) in [5.74, 6) is -0.0825. The Morgan fingerprint density at radius 1 is 0.882 bits per heavy atom. The second-order valence-electron chi connectivity index (χ2n) is 9.74. The molecule has 2 saturated heterocycles. The lowest BCUT2D eigenvalue weighted by Gasteiger charge is -2.33. The summed E-state index contributed by atoms with van der Waals surface area (Å²) < 4.78 is 28.1. The molecule has 0 aromatic heterocycles. The Balaban J connectivity index is 1.29. The van der Waals surface area contributed by atoms with Crippen LogP contribution in [0.5, 0.6) is 0 Å². The molecule has 1 aliphatic carbocycles. The van der Waals surface area contributed by atoms with E-state index in [1.807, 2.05) is 0 Å². The van der Waals surface area contributed by atoms with E-state index >= 15 is 0 Å². The normalized spacial score (nSPS) is 21.1. The van der Waals surface area contributed by atoms with Crippen molar-refractivity contribution in [2.24, 2.45) is 0 Å². The van der Waals surface area contributed by atoms with Crippen molar-refractivity contribution in [1.29, 1.82) is 0 Å². The molecule has 34 heavy (non-hydrogen) atoms. The molecule has 3 fully saturated rings. The van der Waals surface area contributed by atoms with Gasteiger partial charge in [-0.1, -0.05) is 18.9 Å². The van der Waals surface area contributed by atoms with Crippen LogP contribution in [-0.4, -0.2) is 92.7 Å². The van der Waals surface area contributed by atoms with E-state index < -0.39 is 10.0 Å². The molecule has 0 unspecified atom stereocenters. The highest BCUT2D eigenvalue weighted by molar-refractivity contribution is 7.89. The minimum atomic E-state index is -3.59. The summed E-state index contributed by atoms with van der Waals surface area (Å²) in [6.07, 6.45) is 6.05. The zero-order valence-corrected chi connectivity index (χ0v) is 20.9. The van der Waals surface area contributed by atoms with Crippen LogP contribution in [0.1, 0.15) is 44.1 Å². The number of amides is 2. The fourth-order valence-electron chi connectivity index (χ4n) is 4.59. The average Bonchev–Trinajstić information content (AvgIpc) is 3.63. The first kappa shape index (κ1) is 25.1. The highest BCUT2D eigenvalue weighted by atomic mass is 32.2. The van der Waals surface area contributed by atoms with E-state index in [1.165, 1.54) is 0 Å². The topological polar surface area (TPSA) is 102 Å². The van der Waals surface area contributed by atoms with E-state index in [0.29, 0.717) is 50.0 Å². The van der Waals surface area contributed by atoms with Crippen LogP contribution >= 0.6 is 0 Å². The van der Waals surface area contributed by atoms with Crippen LogP contribution in [0, 0.1) is 6.92 Å². The molecular weight excluding hydrogens is 454 g/mol. The van der Waals surface area contributed by atoms with Crippen LogP contribution in [0.4, 0.5) is 5.69 Å². The number of piperazine rings is 1. The van der Waals surface area contributed by atoms with Crippen LogP contribution in [0.2, 0.25) is 0 Å². The van der Waals surface area contributed by atoms with Crippen molar-refractivity contribution in [1.82, 2.24) is 19.4 Å². The van der Waals surface area contributed by atoms with Gasteiger partial charge >= 0.3 is 0 Å². The molecule has 1 saturated carbocycles. The van der Waals surface area contributed by atoms with Crippen molar-refractivity contribution in [3.8, 4) is 0 Å². The summed E-state index contributed by atoms with van der Waals surface area (Å²) in [6, 6.07) is 5.47. The zero-order valence-electron chi connectivity index (χ0n) is 20.1. The Hall–Kier alpha value is -2.01. The second-order valence-corrected chi connectivity index (χ2v) is 11.6. The van der Waals surface area contributed by atoms with Gasteiger partial charge in [0.25, 0.3) is 0 Å². The Morgan fingerprint density at radius 2 is 1.47 bits per heavy atom. The SMILES string of the molecule is Cc1ccc(NC(=O)CN2CCN(CC(=O)NC3CC3)CC2)cc1S(=O)(=O)N1CCCCCC1. The van der Waals surface area contributed by atoms with Gasteiger partial charge in [0.2, 0.25) is 21.8 Å². The number of rotatable bonds is 8. The zero-order chi connectivity index (χ0) is 24.1. The molecule has 2 aliphatic heterocycles. The summed E-state index contributed by atoms with van der Waals surface area (Å²) in [5.41, 5.74) is 1.18. The lowest BCUT2D eigenvalue weighted by Crippen LogP contribution is -2.51. The fraction of sp³-hybridized carbons (Fsp3) is 0.667. The van der Waals surface area contributed by atoms with Crippen LogP contribution in [0.25, 0.3) is 0 Å². The summed E-state index contributed by atoms with van der Waals surface area (Å²) in [4.78, 5) is 29.1. The van der Waals surface area contributed by atoms with E-state index in [1.54, 1.807) is 29.4 Å². The van der Waals surface area contributed by atoms with Gasteiger partial charge in [0.1, 0.15) is 0 Å². The predicted molar refractivity (Wildman–Crippen MR) is 131 cm³/mol. The first-order valence-electron chi connectivity index (χ1n) is 12.5. The Labute approximate surface area is 202 Å². The Bertz CT molecular complexity index is 979. The van der Waals surface area contributed by atoms with Gasteiger partial charge in [-0.15, -0.1) is 0 Å². The van der Waals surface area contributed by atoms with E-state index in [2.05, 4.69) is 20.4 Å². The maximum absolute atomic E-state index is 13.3. The second kappa shape index (κ2) is 11.2. The summed E-state index contributed by atoms with van der Waals surface area (Å²) in [5, 5.41) is 5.89. The number of nitrogens with zero attached hydrogens (tertiary/aromatic N) is 3. The van der Waals surface area contributed by atoms with E-state index in [9.17, 15) is 18.0 Å². The van der Waals surface area contributed by atoms with Gasteiger partial charge in [-0.05, 0) is 50.3 Å².